The minimum Gasteiger partial charge on any atom is -0.487 e. The number of fused-ring (bicyclic) bond motifs is 1. The van der Waals surface area contributed by atoms with E-state index in [2.05, 4.69) is 28.4 Å². The van der Waals surface area contributed by atoms with Crippen molar-refractivity contribution in [3.63, 3.8) is 0 Å². The third kappa shape index (κ3) is 4.67. The van der Waals surface area contributed by atoms with Crippen LogP contribution >= 0.6 is 0 Å². The predicted octanol–water partition coefficient (Wildman–Crippen LogP) is 4.40. The zero-order chi connectivity index (χ0) is 20.4. The van der Waals surface area contributed by atoms with E-state index in [-0.39, 0.29) is 23.5 Å². The lowest BCUT2D eigenvalue weighted by atomic mass is 9.76. The van der Waals surface area contributed by atoms with Crippen molar-refractivity contribution < 1.29 is 13.9 Å². The lowest BCUT2D eigenvalue weighted by Crippen LogP contribution is -2.50. The molecule has 5 nitrogen and oxygen atoms in total. The van der Waals surface area contributed by atoms with Gasteiger partial charge in [-0.05, 0) is 63.8 Å². The van der Waals surface area contributed by atoms with Crippen molar-refractivity contribution in [3.05, 3.63) is 53.5 Å². The molecule has 1 fully saturated rings. The van der Waals surface area contributed by atoms with Gasteiger partial charge in [0.05, 0.1) is 6.54 Å². The SMILES string of the molecule is Cc1ccc(CN2CCC3(CC2)C[C@H](CC(=O)NC(C)C)c2ccccc2O3)o1. The second-order valence-electron chi connectivity index (χ2n) is 8.94. The van der Waals surface area contributed by atoms with Gasteiger partial charge in [0.25, 0.3) is 0 Å². The molecular weight excluding hydrogens is 364 g/mol. The minimum atomic E-state index is -0.174. The van der Waals surface area contributed by atoms with Gasteiger partial charge in [-0.2, -0.15) is 0 Å². The Morgan fingerprint density at radius 3 is 2.66 bits per heavy atom. The van der Waals surface area contributed by atoms with Gasteiger partial charge in [0.2, 0.25) is 5.91 Å². The Balaban J connectivity index is 1.45. The Hall–Kier alpha value is -2.27. The average molecular weight is 397 g/mol. The second kappa shape index (κ2) is 8.23. The summed E-state index contributed by atoms with van der Waals surface area (Å²) in [6.45, 7) is 8.80. The first kappa shape index (κ1) is 20.0. The van der Waals surface area contributed by atoms with E-state index in [1.54, 1.807) is 0 Å². The molecule has 5 heteroatoms. The Morgan fingerprint density at radius 2 is 1.97 bits per heavy atom. The molecule has 1 aromatic heterocycles. The first-order chi connectivity index (χ1) is 13.9. The van der Waals surface area contributed by atoms with Crippen LogP contribution in [-0.4, -0.2) is 35.5 Å². The number of aryl methyl sites for hydroxylation is 1. The molecule has 1 N–H and O–H groups in total. The number of rotatable bonds is 5. The fourth-order valence-corrected chi connectivity index (χ4v) is 4.75. The van der Waals surface area contributed by atoms with Crippen LogP contribution in [0.25, 0.3) is 0 Å². The molecule has 1 spiro atoms. The number of nitrogens with one attached hydrogen (secondary N) is 1. The largest absolute Gasteiger partial charge is 0.487 e. The summed E-state index contributed by atoms with van der Waals surface area (Å²) in [5.41, 5.74) is 0.998. The standard InChI is InChI=1S/C24H32N2O3/c1-17(2)25-23(27)14-19-15-24(29-22-7-5-4-6-21(19)22)10-12-26(13-11-24)16-20-9-8-18(3)28-20/h4-9,17,19H,10-16H2,1-3H3,(H,25,27)/t19-/m0/s1. The van der Waals surface area contributed by atoms with Crippen LogP contribution < -0.4 is 10.1 Å². The maximum absolute atomic E-state index is 12.5. The highest BCUT2D eigenvalue weighted by Gasteiger charge is 2.43. The quantitative estimate of drug-likeness (QED) is 0.814. The monoisotopic (exact) mass is 396 g/mol. The zero-order valence-electron chi connectivity index (χ0n) is 17.7. The van der Waals surface area contributed by atoms with Gasteiger partial charge >= 0.3 is 0 Å². The third-order valence-electron chi connectivity index (χ3n) is 6.13. The van der Waals surface area contributed by atoms with Gasteiger partial charge in [-0.25, -0.2) is 0 Å². The minimum absolute atomic E-state index is 0.127. The van der Waals surface area contributed by atoms with Gasteiger partial charge in [0.15, 0.2) is 0 Å². The van der Waals surface area contributed by atoms with Crippen molar-refractivity contribution in [1.29, 1.82) is 0 Å². The van der Waals surface area contributed by atoms with E-state index in [9.17, 15) is 4.79 Å². The number of furan rings is 1. The maximum Gasteiger partial charge on any atom is 0.220 e. The van der Waals surface area contributed by atoms with Crippen LogP contribution in [0, 0.1) is 6.92 Å². The summed E-state index contributed by atoms with van der Waals surface area (Å²) in [5, 5.41) is 3.05. The fraction of sp³-hybridized carbons (Fsp3) is 0.542. The first-order valence-electron chi connectivity index (χ1n) is 10.8. The molecule has 2 aromatic rings. The molecule has 0 unspecified atom stereocenters. The number of hydrogen-bond acceptors (Lipinski definition) is 4. The molecule has 29 heavy (non-hydrogen) atoms. The first-order valence-corrected chi connectivity index (χ1v) is 10.8. The highest BCUT2D eigenvalue weighted by atomic mass is 16.5. The maximum atomic E-state index is 12.5. The second-order valence-corrected chi connectivity index (χ2v) is 8.94. The highest BCUT2D eigenvalue weighted by molar-refractivity contribution is 5.77. The normalized spacial score (nSPS) is 21.0. The van der Waals surface area contributed by atoms with Crippen molar-refractivity contribution in [2.45, 2.75) is 70.6 Å². The molecule has 1 atom stereocenters. The fourth-order valence-electron chi connectivity index (χ4n) is 4.75. The number of carbonyl (C=O) groups excluding carboxylic acids is 1. The lowest BCUT2D eigenvalue weighted by Gasteiger charge is -2.46. The third-order valence-corrected chi connectivity index (χ3v) is 6.13. The van der Waals surface area contributed by atoms with Crippen molar-refractivity contribution in [3.8, 4) is 5.75 Å². The summed E-state index contributed by atoms with van der Waals surface area (Å²) in [7, 11) is 0. The molecule has 1 amide bonds. The molecule has 4 rings (SSSR count). The van der Waals surface area contributed by atoms with Gasteiger partial charge in [0.1, 0.15) is 22.9 Å². The molecule has 1 aromatic carbocycles. The van der Waals surface area contributed by atoms with Crippen LogP contribution in [0.2, 0.25) is 0 Å². The number of para-hydroxylation sites is 1. The zero-order valence-corrected chi connectivity index (χ0v) is 17.7. The van der Waals surface area contributed by atoms with E-state index in [0.29, 0.717) is 6.42 Å². The molecular formula is C24H32N2O3. The van der Waals surface area contributed by atoms with Gasteiger partial charge in [0, 0.05) is 31.5 Å². The smallest absolute Gasteiger partial charge is 0.220 e. The average Bonchev–Trinajstić information content (AvgIpc) is 3.08. The van der Waals surface area contributed by atoms with Gasteiger partial charge < -0.3 is 14.5 Å². The van der Waals surface area contributed by atoms with Crippen molar-refractivity contribution in [2.75, 3.05) is 13.1 Å². The van der Waals surface area contributed by atoms with Gasteiger partial charge in [-0.15, -0.1) is 0 Å². The van der Waals surface area contributed by atoms with Crippen molar-refractivity contribution in [1.82, 2.24) is 10.2 Å². The summed E-state index contributed by atoms with van der Waals surface area (Å²) in [5.74, 6) is 3.27. The number of likely N-dealkylation sites (tertiary alicyclic amines) is 1. The van der Waals surface area contributed by atoms with Crippen LogP contribution in [0.15, 0.2) is 40.8 Å². The number of amides is 1. The Kier molecular flexibility index (Phi) is 5.68. The summed E-state index contributed by atoms with van der Waals surface area (Å²) in [6, 6.07) is 12.5. The van der Waals surface area contributed by atoms with Crippen molar-refractivity contribution >= 4 is 5.91 Å². The van der Waals surface area contributed by atoms with Crippen molar-refractivity contribution in [2.24, 2.45) is 0 Å². The summed E-state index contributed by atoms with van der Waals surface area (Å²) in [6.07, 6.45) is 3.38. The van der Waals surface area contributed by atoms with E-state index in [1.165, 1.54) is 5.56 Å². The molecule has 0 bridgehead atoms. The van der Waals surface area contributed by atoms with Crippen LogP contribution in [0.1, 0.15) is 62.5 Å². The number of carbonyl (C=O) groups is 1. The number of piperidine rings is 1. The van der Waals surface area contributed by atoms with E-state index in [4.69, 9.17) is 9.15 Å². The Labute approximate surface area is 173 Å². The van der Waals surface area contributed by atoms with E-state index in [0.717, 1.165) is 56.2 Å². The topological polar surface area (TPSA) is 54.7 Å². The summed E-state index contributed by atoms with van der Waals surface area (Å²) >= 11 is 0. The van der Waals surface area contributed by atoms with E-state index >= 15 is 0 Å². The molecule has 2 aliphatic heterocycles. The molecule has 2 aliphatic rings. The molecule has 3 heterocycles. The van der Waals surface area contributed by atoms with Crippen LogP contribution in [0.5, 0.6) is 5.75 Å². The molecule has 0 radical (unpaired) electrons. The number of hydrogen-bond donors (Lipinski definition) is 1. The molecule has 0 saturated carbocycles. The molecule has 0 aliphatic carbocycles. The summed E-state index contributed by atoms with van der Waals surface area (Å²) < 4.78 is 12.3. The summed E-state index contributed by atoms with van der Waals surface area (Å²) in [4.78, 5) is 14.9. The van der Waals surface area contributed by atoms with E-state index < -0.39 is 0 Å². The van der Waals surface area contributed by atoms with Gasteiger partial charge in [-0.1, -0.05) is 18.2 Å². The van der Waals surface area contributed by atoms with Gasteiger partial charge in [-0.3, -0.25) is 9.69 Å². The Morgan fingerprint density at radius 1 is 1.21 bits per heavy atom. The van der Waals surface area contributed by atoms with Crippen LogP contribution in [0.3, 0.4) is 0 Å². The number of ether oxygens (including phenoxy) is 1. The van der Waals surface area contributed by atoms with E-state index in [1.807, 2.05) is 39.0 Å². The number of nitrogens with zero attached hydrogens (tertiary/aromatic N) is 1. The number of benzene rings is 1. The van der Waals surface area contributed by atoms with Crippen LogP contribution in [-0.2, 0) is 11.3 Å². The lowest BCUT2D eigenvalue weighted by molar-refractivity contribution is -0.122. The molecule has 156 valence electrons. The highest BCUT2D eigenvalue weighted by Crippen LogP contribution is 2.46. The van der Waals surface area contributed by atoms with Crippen LogP contribution in [0.4, 0.5) is 0 Å². The Bertz CT molecular complexity index is 849. The molecule has 1 saturated heterocycles. The predicted molar refractivity (Wildman–Crippen MR) is 113 cm³/mol.